The number of phenolic OH excluding ortho intramolecular Hbond substituents is 2. The number of benzene rings is 4. The van der Waals surface area contributed by atoms with Crippen LogP contribution in [0.15, 0.2) is 133 Å². The van der Waals surface area contributed by atoms with Crippen LogP contribution in [0.25, 0.3) is 55.4 Å². The zero-order valence-electron chi connectivity index (χ0n) is 49.1. The van der Waals surface area contributed by atoms with Crippen LogP contribution in [0.1, 0.15) is 81.3 Å². The Morgan fingerprint density at radius 3 is 1.56 bits per heavy atom. The minimum absolute atomic E-state index is 0.00308. The molecule has 8 heterocycles. The first kappa shape index (κ1) is 60.1. The second-order valence-electron chi connectivity index (χ2n) is 22.1. The molecule has 448 valence electrons. The van der Waals surface area contributed by atoms with E-state index in [9.17, 15) is 34.2 Å². The smallest absolute Gasteiger partial charge is 0.354 e. The van der Waals surface area contributed by atoms with E-state index in [1.165, 1.54) is 47.0 Å². The van der Waals surface area contributed by atoms with E-state index in [1.807, 2.05) is 58.6 Å². The second-order valence-corrected chi connectivity index (χ2v) is 22.1. The fourth-order valence-corrected chi connectivity index (χ4v) is 11.7. The van der Waals surface area contributed by atoms with Crippen LogP contribution in [0.4, 0.5) is 20.4 Å². The summed E-state index contributed by atoms with van der Waals surface area (Å²) in [7, 11) is 0. The van der Waals surface area contributed by atoms with Gasteiger partial charge in [0.15, 0.2) is 0 Å². The van der Waals surface area contributed by atoms with E-state index in [1.54, 1.807) is 46.1 Å². The summed E-state index contributed by atoms with van der Waals surface area (Å²) in [5.41, 5.74) is 5.38. The molecule has 0 unspecified atom stereocenters. The lowest BCUT2D eigenvalue weighted by Crippen LogP contribution is -2.56. The maximum atomic E-state index is 15.1. The molecule has 2 N–H and O–H groups in total. The largest absolute Gasteiger partial charge is 0.507 e. The molecule has 87 heavy (non-hydrogen) atoms. The van der Waals surface area contributed by atoms with Crippen molar-refractivity contribution in [2.24, 2.45) is 0 Å². The minimum atomic E-state index is -0.764. The number of amides is 1. The Morgan fingerprint density at radius 2 is 1.11 bits per heavy atom. The van der Waals surface area contributed by atoms with Crippen molar-refractivity contribution in [3.8, 4) is 56.6 Å². The number of piperidine rings is 1. The number of aryl methyl sites for hydroxylation is 2. The number of carbonyl (C=O) groups is 3. The Hall–Kier alpha value is -10.1. The number of esters is 2. The van der Waals surface area contributed by atoms with Crippen LogP contribution in [0.2, 0.25) is 0 Å². The summed E-state index contributed by atoms with van der Waals surface area (Å²) in [6.07, 6.45) is 9.59. The average molecular weight is 1180 g/mol. The van der Waals surface area contributed by atoms with Gasteiger partial charge in [-0.05, 0) is 134 Å². The number of piperazine rings is 1. The highest BCUT2D eigenvalue weighted by atomic mass is 19.1. The number of carbonyl (C=O) groups excluding carboxylic acids is 3. The molecule has 0 radical (unpaired) electrons. The Bertz CT molecular complexity index is 4180. The molecule has 0 saturated carbocycles. The molecular formula is C66H65F2N9O10. The van der Waals surface area contributed by atoms with Crippen molar-refractivity contribution in [2.45, 2.75) is 84.7 Å². The topological polar surface area (TPSA) is 225 Å². The predicted molar refractivity (Wildman–Crippen MR) is 327 cm³/mol. The zero-order valence-corrected chi connectivity index (χ0v) is 49.1. The van der Waals surface area contributed by atoms with E-state index in [4.69, 9.17) is 9.47 Å². The van der Waals surface area contributed by atoms with Gasteiger partial charge in [0.1, 0.15) is 59.5 Å². The van der Waals surface area contributed by atoms with Crippen LogP contribution in [0.3, 0.4) is 0 Å². The Balaban J connectivity index is 0.000000170. The van der Waals surface area contributed by atoms with Gasteiger partial charge in [0.25, 0.3) is 0 Å². The van der Waals surface area contributed by atoms with Gasteiger partial charge in [-0.25, -0.2) is 28.0 Å². The van der Waals surface area contributed by atoms with Gasteiger partial charge in [0, 0.05) is 50.7 Å². The van der Waals surface area contributed by atoms with Gasteiger partial charge < -0.3 is 39.1 Å². The molecule has 4 aliphatic heterocycles. The van der Waals surface area contributed by atoms with E-state index < -0.39 is 35.0 Å². The van der Waals surface area contributed by atoms with Crippen LogP contribution in [0.5, 0.6) is 23.0 Å². The number of fused-ring (bicyclic) bond motifs is 4. The van der Waals surface area contributed by atoms with Crippen molar-refractivity contribution in [1.82, 2.24) is 34.0 Å². The van der Waals surface area contributed by atoms with Crippen LogP contribution in [-0.2, 0) is 19.1 Å². The van der Waals surface area contributed by atoms with Crippen LogP contribution >= 0.6 is 0 Å². The highest BCUT2D eigenvalue weighted by molar-refractivity contribution is 6.02. The van der Waals surface area contributed by atoms with Gasteiger partial charge in [-0.1, -0.05) is 59.6 Å². The van der Waals surface area contributed by atoms with Gasteiger partial charge >= 0.3 is 23.3 Å². The van der Waals surface area contributed by atoms with E-state index in [0.29, 0.717) is 99.4 Å². The van der Waals surface area contributed by atoms with Crippen LogP contribution in [0, 0.1) is 25.5 Å². The number of aromatic hydroxyl groups is 2. The van der Waals surface area contributed by atoms with Gasteiger partial charge in [0.05, 0.1) is 67.8 Å². The number of ether oxygens (including phenoxy) is 3. The van der Waals surface area contributed by atoms with Gasteiger partial charge in [0.2, 0.25) is 5.91 Å². The van der Waals surface area contributed by atoms with Crippen molar-refractivity contribution in [1.29, 1.82) is 0 Å². The van der Waals surface area contributed by atoms with Crippen molar-refractivity contribution in [3.05, 3.63) is 178 Å². The van der Waals surface area contributed by atoms with Crippen molar-refractivity contribution >= 4 is 51.3 Å². The number of halogens is 2. The number of aromatic nitrogens is 6. The maximum Gasteiger partial charge on any atom is 0.354 e. The summed E-state index contributed by atoms with van der Waals surface area (Å²) in [6.45, 7) is 24.4. The van der Waals surface area contributed by atoms with Gasteiger partial charge in [-0.3, -0.25) is 23.9 Å². The fourth-order valence-electron chi connectivity index (χ4n) is 11.7. The molecule has 1 amide bonds. The van der Waals surface area contributed by atoms with Crippen LogP contribution < -0.4 is 30.7 Å². The van der Waals surface area contributed by atoms with Crippen molar-refractivity contribution in [2.75, 3.05) is 49.2 Å². The molecule has 21 heteroatoms. The zero-order chi connectivity index (χ0) is 62.1. The van der Waals surface area contributed by atoms with Crippen molar-refractivity contribution < 1.29 is 47.6 Å². The molecule has 2 atom stereocenters. The molecular weight excluding hydrogens is 1120 g/mol. The number of anilines is 2. The third-order valence-electron chi connectivity index (χ3n) is 15.8. The lowest BCUT2D eigenvalue weighted by Gasteiger charge is -2.40. The lowest BCUT2D eigenvalue weighted by atomic mass is 9.99. The number of rotatable bonds is 9. The monoisotopic (exact) mass is 1180 g/mol. The first-order chi connectivity index (χ1) is 41.7. The normalized spacial score (nSPS) is 15.7. The third-order valence-corrected chi connectivity index (χ3v) is 15.8. The van der Waals surface area contributed by atoms with E-state index >= 15 is 8.78 Å². The SMILES string of the molecule is C=CC(=O)N1CCN2c3nc(=O)n(-c4c(C)ccnc4C(C)C)c4cc(-c5c(O)cccc5F)cc(c34)OC[C@H]2C1.C=CC(=O)OC(=O)C=C.Cc1ccnc(C(C)C)c1-n1c(=O)nc2c3c(cc(-c4c(O)cccc4F)cc31)OC[C@H]1CCCCN21. The standard InChI is InChI=1S/C31H30FN5O4.C29H29FN4O3.C6H6O3/c1-5-25(39)35-11-12-36-20(15-35)16-41-24-14-19(26-21(32)7-6-8-23(26)38)13-22-27(24)30(36)34-31(40)37(22)29-18(4)9-10-33-28(29)17(2)3;1-16(2)26-27(17(3)10-11-31-26)34-21-13-18(24-20(30)8-6-9-22(24)35)14-23-25(21)28(32-29(34)36)33-12-5-4-7-19(33)15-37-23;1-3-5(7)9-6(8)4-2/h5-10,13-14,17,20,38H,1,11-12,15-16H2,2-4H3;6,8-11,13-14,16,19,35H,4-5,7,12,15H2,1-3H3;3-4H,1-2H2/t20-;19-;/m11./s1. The fraction of sp³-hybridized carbons (Fsp3) is 0.288. The summed E-state index contributed by atoms with van der Waals surface area (Å²) >= 11 is 0. The Labute approximate surface area is 499 Å². The number of phenols is 2. The third kappa shape index (κ3) is 11.5. The predicted octanol–water partition coefficient (Wildman–Crippen LogP) is 10.2. The number of hydrogen-bond donors (Lipinski definition) is 2. The summed E-state index contributed by atoms with van der Waals surface area (Å²) in [5.74, 6) is -1.26. The maximum absolute atomic E-state index is 15.1. The molecule has 4 aromatic carbocycles. The molecule has 19 nitrogen and oxygen atoms in total. The number of pyridine rings is 2. The summed E-state index contributed by atoms with van der Waals surface area (Å²) < 4.78 is 50.0. The summed E-state index contributed by atoms with van der Waals surface area (Å²) in [6, 6.07) is 18.8. The van der Waals surface area contributed by atoms with Gasteiger partial charge in [-0.2, -0.15) is 9.97 Å². The summed E-state index contributed by atoms with van der Waals surface area (Å²) in [5, 5.41) is 22.5. The molecule has 4 aromatic heterocycles. The molecule has 4 aliphatic rings. The lowest BCUT2D eigenvalue weighted by molar-refractivity contribution is -0.152. The van der Waals surface area contributed by atoms with Crippen molar-refractivity contribution in [3.63, 3.8) is 0 Å². The highest BCUT2D eigenvalue weighted by Crippen LogP contribution is 2.46. The molecule has 12 rings (SSSR count). The summed E-state index contributed by atoms with van der Waals surface area (Å²) in [4.78, 5) is 85.0. The van der Waals surface area contributed by atoms with E-state index in [-0.39, 0.29) is 59.1 Å². The first-order valence-corrected chi connectivity index (χ1v) is 28.5. The Morgan fingerprint density at radius 1 is 0.644 bits per heavy atom. The van der Waals surface area contributed by atoms with E-state index in [0.717, 1.165) is 54.8 Å². The molecule has 8 aromatic rings. The molecule has 0 aliphatic carbocycles. The molecule has 0 bridgehead atoms. The van der Waals surface area contributed by atoms with Crippen LogP contribution in [-0.4, -0.2) is 114 Å². The first-order valence-electron chi connectivity index (χ1n) is 28.5. The highest BCUT2D eigenvalue weighted by Gasteiger charge is 2.37. The molecule has 0 spiro atoms. The average Bonchev–Trinajstić information content (AvgIpc) is 1.81. The van der Waals surface area contributed by atoms with Gasteiger partial charge in [-0.15, -0.1) is 0 Å². The minimum Gasteiger partial charge on any atom is -0.507 e. The van der Waals surface area contributed by atoms with E-state index in [2.05, 4.69) is 49.3 Å². The molecule has 2 fully saturated rings. The molecule has 2 saturated heterocycles. The number of nitrogens with zero attached hydrogens (tertiary/aromatic N) is 9. The quantitative estimate of drug-likeness (QED) is 0.0779. The number of hydrogen-bond acceptors (Lipinski definition) is 16. The second kappa shape index (κ2) is 24.9. The Kier molecular flexibility index (Phi) is 17.2.